The van der Waals surface area contributed by atoms with Gasteiger partial charge in [0.05, 0.1) is 13.2 Å². The molecular formula is C26H24FN3O5. The Balaban J connectivity index is 1.41. The summed E-state index contributed by atoms with van der Waals surface area (Å²) >= 11 is 0. The highest BCUT2D eigenvalue weighted by molar-refractivity contribution is 6.21. The number of fused-ring (bicyclic) bond motifs is 1. The van der Waals surface area contributed by atoms with Crippen LogP contribution in [-0.2, 0) is 15.9 Å². The standard InChI is InChI=1S/C26H24FN3O5/c27-19-5-3-17(4-6-19)14-21-23(26(32)34-13-10-30-8-11-33-12-9-30)24(31)22(35-21)15-18-16-29-25-20(18)2-1-7-28-25/h1-7,15-16,31H,8-14H2. The van der Waals surface area contributed by atoms with E-state index < -0.39 is 5.97 Å². The van der Waals surface area contributed by atoms with Crippen molar-refractivity contribution in [1.29, 1.82) is 0 Å². The van der Waals surface area contributed by atoms with Gasteiger partial charge in [-0.3, -0.25) is 4.90 Å². The predicted octanol–water partition coefficient (Wildman–Crippen LogP) is 3.86. The van der Waals surface area contributed by atoms with Crippen LogP contribution in [0.15, 0.2) is 52.0 Å². The number of ether oxygens (including phenoxy) is 2. The van der Waals surface area contributed by atoms with Crippen LogP contribution in [0.3, 0.4) is 0 Å². The number of carbonyl (C=O) groups is 1. The first-order valence-electron chi connectivity index (χ1n) is 11.4. The molecule has 4 heterocycles. The molecule has 0 spiro atoms. The Hall–Kier alpha value is -3.82. The summed E-state index contributed by atoms with van der Waals surface area (Å²) in [6.45, 7) is 3.59. The average molecular weight is 477 g/mol. The zero-order valence-corrected chi connectivity index (χ0v) is 18.9. The Labute approximate surface area is 201 Å². The van der Waals surface area contributed by atoms with Crippen LogP contribution < -0.4 is 0 Å². The Bertz CT molecular complexity index is 1280. The minimum atomic E-state index is -0.677. The summed E-state index contributed by atoms with van der Waals surface area (Å²) in [7, 11) is 0. The van der Waals surface area contributed by atoms with Gasteiger partial charge in [-0.05, 0) is 35.9 Å². The van der Waals surface area contributed by atoms with Crippen molar-refractivity contribution in [1.82, 2.24) is 9.88 Å². The molecule has 1 fully saturated rings. The molecule has 0 unspecified atom stereocenters. The van der Waals surface area contributed by atoms with E-state index in [1.807, 2.05) is 6.07 Å². The molecule has 0 aliphatic carbocycles. The van der Waals surface area contributed by atoms with E-state index in [2.05, 4.69) is 14.9 Å². The number of aromatic hydroxyl groups is 1. The van der Waals surface area contributed by atoms with Crippen molar-refractivity contribution in [3.05, 3.63) is 76.6 Å². The number of aliphatic imine (C=N–C) groups is 1. The van der Waals surface area contributed by atoms with Gasteiger partial charge in [0.1, 0.15) is 23.7 Å². The van der Waals surface area contributed by atoms with Gasteiger partial charge in [0.2, 0.25) is 0 Å². The van der Waals surface area contributed by atoms with Gasteiger partial charge >= 0.3 is 5.97 Å². The first-order chi connectivity index (χ1) is 17.1. The molecule has 2 aromatic heterocycles. The Morgan fingerprint density at radius 1 is 1.20 bits per heavy atom. The van der Waals surface area contributed by atoms with Crippen molar-refractivity contribution in [3.8, 4) is 5.75 Å². The lowest BCUT2D eigenvalue weighted by atomic mass is 10.1. The van der Waals surface area contributed by atoms with Crippen LogP contribution in [0, 0.1) is 5.82 Å². The summed E-state index contributed by atoms with van der Waals surface area (Å²) in [4.78, 5) is 23.6. The average Bonchev–Trinajstić information content (AvgIpc) is 3.42. The van der Waals surface area contributed by atoms with Crippen LogP contribution in [0.4, 0.5) is 10.2 Å². The van der Waals surface area contributed by atoms with E-state index in [0.29, 0.717) is 31.1 Å². The van der Waals surface area contributed by atoms with Crippen LogP contribution in [0.1, 0.15) is 33.0 Å². The van der Waals surface area contributed by atoms with Crippen LogP contribution >= 0.6 is 0 Å². The third-order valence-electron chi connectivity index (χ3n) is 5.92. The molecule has 1 N–H and O–H groups in total. The smallest absolute Gasteiger partial charge is 0.345 e. The van der Waals surface area contributed by atoms with Crippen molar-refractivity contribution in [2.24, 2.45) is 4.99 Å². The molecule has 9 heteroatoms. The number of carbonyl (C=O) groups excluding carboxylic acids is 1. The van der Waals surface area contributed by atoms with Crippen molar-refractivity contribution in [2.75, 3.05) is 39.5 Å². The molecule has 35 heavy (non-hydrogen) atoms. The number of rotatable bonds is 7. The lowest BCUT2D eigenvalue weighted by molar-refractivity contribution is 0.0194. The maximum Gasteiger partial charge on any atom is 0.345 e. The van der Waals surface area contributed by atoms with E-state index in [1.165, 1.54) is 12.1 Å². The number of hydrogen-bond donors (Lipinski definition) is 1. The van der Waals surface area contributed by atoms with Gasteiger partial charge < -0.3 is 19.0 Å². The van der Waals surface area contributed by atoms with E-state index in [1.54, 1.807) is 36.7 Å². The van der Waals surface area contributed by atoms with Crippen LogP contribution in [-0.4, -0.2) is 66.6 Å². The number of esters is 1. The second-order valence-corrected chi connectivity index (χ2v) is 8.24. The molecule has 1 aromatic carbocycles. The van der Waals surface area contributed by atoms with Crippen molar-refractivity contribution >= 4 is 29.7 Å². The normalized spacial score (nSPS) is 16.5. The van der Waals surface area contributed by atoms with Gasteiger partial charge in [-0.2, -0.15) is 0 Å². The Morgan fingerprint density at radius 2 is 2.00 bits per heavy atom. The van der Waals surface area contributed by atoms with Crippen LogP contribution in [0.25, 0.3) is 11.6 Å². The third kappa shape index (κ3) is 5.16. The minimum absolute atomic E-state index is 0.0375. The highest BCUT2D eigenvalue weighted by Crippen LogP contribution is 2.37. The summed E-state index contributed by atoms with van der Waals surface area (Å²) < 4.78 is 30.1. The van der Waals surface area contributed by atoms with Gasteiger partial charge in [0.25, 0.3) is 0 Å². The monoisotopic (exact) mass is 477 g/mol. The first kappa shape index (κ1) is 22.9. The van der Waals surface area contributed by atoms with Crippen LogP contribution in [0.5, 0.6) is 5.75 Å². The number of benzene rings is 1. The number of nitrogens with zero attached hydrogens (tertiary/aromatic N) is 3. The SMILES string of the molecule is O=C(OCCN1CCOCC1)c1c(Cc2ccc(F)cc2)oc(C=C2C=Nc3ncccc32)c1O. The van der Waals surface area contributed by atoms with E-state index in [4.69, 9.17) is 13.9 Å². The van der Waals surface area contributed by atoms with E-state index in [0.717, 1.165) is 24.2 Å². The fraction of sp³-hybridized carbons (Fsp3) is 0.269. The molecule has 1 saturated heterocycles. The van der Waals surface area contributed by atoms with Gasteiger partial charge in [0, 0.05) is 49.6 Å². The molecule has 8 nitrogen and oxygen atoms in total. The lowest BCUT2D eigenvalue weighted by Crippen LogP contribution is -2.38. The molecule has 2 aliphatic heterocycles. The van der Waals surface area contributed by atoms with Crippen molar-refractivity contribution in [2.45, 2.75) is 6.42 Å². The summed E-state index contributed by atoms with van der Waals surface area (Å²) in [5, 5.41) is 11.0. The van der Waals surface area contributed by atoms with Crippen molar-refractivity contribution in [3.63, 3.8) is 0 Å². The summed E-state index contributed by atoms with van der Waals surface area (Å²) in [5.74, 6) is -0.435. The number of aromatic nitrogens is 1. The molecular weight excluding hydrogens is 453 g/mol. The largest absolute Gasteiger partial charge is 0.504 e. The van der Waals surface area contributed by atoms with Gasteiger partial charge in [-0.1, -0.05) is 12.1 Å². The molecule has 0 atom stereocenters. The quantitative estimate of drug-likeness (QED) is 0.516. The van der Waals surface area contributed by atoms with Gasteiger partial charge in [0.15, 0.2) is 17.3 Å². The second-order valence-electron chi connectivity index (χ2n) is 8.24. The van der Waals surface area contributed by atoms with E-state index in [9.17, 15) is 14.3 Å². The Kier molecular flexibility index (Phi) is 6.69. The predicted molar refractivity (Wildman–Crippen MR) is 127 cm³/mol. The number of furan rings is 1. The molecule has 0 bridgehead atoms. The summed E-state index contributed by atoms with van der Waals surface area (Å²) in [6, 6.07) is 9.53. The Morgan fingerprint density at radius 3 is 2.80 bits per heavy atom. The molecule has 2 aliphatic rings. The number of pyridine rings is 1. The third-order valence-corrected chi connectivity index (χ3v) is 5.92. The fourth-order valence-corrected chi connectivity index (χ4v) is 4.05. The molecule has 0 radical (unpaired) electrons. The first-order valence-corrected chi connectivity index (χ1v) is 11.4. The maximum atomic E-state index is 13.4. The maximum absolute atomic E-state index is 13.4. The van der Waals surface area contributed by atoms with E-state index in [-0.39, 0.29) is 41.7 Å². The highest BCUT2D eigenvalue weighted by Gasteiger charge is 2.27. The summed E-state index contributed by atoms with van der Waals surface area (Å²) in [5.41, 5.74) is 2.17. The van der Waals surface area contributed by atoms with Gasteiger partial charge in [-0.15, -0.1) is 0 Å². The number of hydrogen-bond acceptors (Lipinski definition) is 8. The second kappa shape index (κ2) is 10.2. The molecule has 0 saturated carbocycles. The minimum Gasteiger partial charge on any atom is -0.504 e. The molecule has 0 amide bonds. The number of allylic oxidation sites excluding steroid dienone is 1. The van der Waals surface area contributed by atoms with Crippen LogP contribution in [0.2, 0.25) is 0 Å². The topological polar surface area (TPSA) is 97.4 Å². The zero-order valence-electron chi connectivity index (χ0n) is 18.9. The fourth-order valence-electron chi connectivity index (χ4n) is 4.05. The number of halogens is 1. The molecule has 3 aromatic rings. The zero-order chi connectivity index (χ0) is 24.2. The summed E-state index contributed by atoms with van der Waals surface area (Å²) in [6.07, 6.45) is 5.07. The molecule has 5 rings (SSSR count). The molecule has 180 valence electrons. The van der Waals surface area contributed by atoms with Crippen molar-refractivity contribution < 1.29 is 28.2 Å². The lowest BCUT2D eigenvalue weighted by Gasteiger charge is -2.26. The van der Waals surface area contributed by atoms with E-state index >= 15 is 0 Å². The van der Waals surface area contributed by atoms with Gasteiger partial charge in [-0.25, -0.2) is 19.2 Å². The number of morpholine rings is 1. The highest BCUT2D eigenvalue weighted by atomic mass is 19.1.